The summed E-state index contributed by atoms with van der Waals surface area (Å²) in [4.78, 5) is 15.0. The molecule has 0 aliphatic carbocycles. The first-order valence-electron chi connectivity index (χ1n) is 5.57. The van der Waals surface area contributed by atoms with E-state index in [1.807, 2.05) is 6.07 Å². The number of hydrogen-bond acceptors (Lipinski definition) is 4. The van der Waals surface area contributed by atoms with Crippen molar-refractivity contribution in [3.8, 4) is 6.07 Å². The number of carbonyl (C=O) groups is 1. The van der Waals surface area contributed by atoms with Crippen LogP contribution in [0, 0.1) is 18.3 Å². The summed E-state index contributed by atoms with van der Waals surface area (Å²) in [6.07, 6.45) is 1.54. The van der Waals surface area contributed by atoms with Crippen LogP contribution in [0.2, 0.25) is 0 Å². The number of carboxylic acids is 1. The van der Waals surface area contributed by atoms with Crippen molar-refractivity contribution in [3.63, 3.8) is 0 Å². The van der Waals surface area contributed by atoms with E-state index in [-0.39, 0.29) is 5.56 Å². The van der Waals surface area contributed by atoms with Crippen LogP contribution in [0.15, 0.2) is 36.5 Å². The molecule has 0 spiro atoms. The molecular formula is C14H11N3O2. The van der Waals surface area contributed by atoms with Gasteiger partial charge in [-0.3, -0.25) is 0 Å². The molecule has 0 aliphatic heterocycles. The highest BCUT2D eigenvalue weighted by Gasteiger charge is 2.07. The van der Waals surface area contributed by atoms with E-state index in [0.29, 0.717) is 16.9 Å². The van der Waals surface area contributed by atoms with Crippen molar-refractivity contribution in [2.24, 2.45) is 0 Å². The predicted molar refractivity (Wildman–Crippen MR) is 70.4 cm³/mol. The molecule has 0 atom stereocenters. The summed E-state index contributed by atoms with van der Waals surface area (Å²) in [5.41, 5.74) is 2.17. The Morgan fingerprint density at radius 3 is 2.79 bits per heavy atom. The lowest BCUT2D eigenvalue weighted by Crippen LogP contribution is -2.01. The van der Waals surface area contributed by atoms with Crippen LogP contribution in [0.3, 0.4) is 0 Å². The van der Waals surface area contributed by atoms with Crippen LogP contribution in [0.25, 0.3) is 0 Å². The second-order valence-electron chi connectivity index (χ2n) is 4.00. The van der Waals surface area contributed by atoms with Crippen molar-refractivity contribution in [2.75, 3.05) is 5.32 Å². The zero-order chi connectivity index (χ0) is 13.8. The minimum Gasteiger partial charge on any atom is -0.478 e. The highest BCUT2D eigenvalue weighted by atomic mass is 16.4. The van der Waals surface area contributed by atoms with E-state index >= 15 is 0 Å². The summed E-state index contributed by atoms with van der Waals surface area (Å²) in [5.74, 6) is -0.407. The van der Waals surface area contributed by atoms with Gasteiger partial charge in [-0.2, -0.15) is 5.26 Å². The number of aromatic nitrogens is 1. The number of hydrogen-bond donors (Lipinski definition) is 2. The maximum absolute atomic E-state index is 10.9. The summed E-state index contributed by atoms with van der Waals surface area (Å²) in [6, 6.07) is 10.2. The molecule has 0 saturated carbocycles. The molecule has 0 unspecified atom stereocenters. The molecule has 0 amide bonds. The molecule has 1 aromatic carbocycles. The molecule has 5 heteroatoms. The molecule has 94 valence electrons. The zero-order valence-corrected chi connectivity index (χ0v) is 10.2. The number of nitriles is 1. The summed E-state index contributed by atoms with van der Waals surface area (Å²) in [6.45, 7) is 1.73. The van der Waals surface area contributed by atoms with Crippen LogP contribution in [-0.4, -0.2) is 16.1 Å². The highest BCUT2D eigenvalue weighted by molar-refractivity contribution is 5.90. The molecule has 19 heavy (non-hydrogen) atoms. The van der Waals surface area contributed by atoms with E-state index in [1.165, 1.54) is 6.07 Å². The van der Waals surface area contributed by atoms with Crippen LogP contribution in [0.1, 0.15) is 21.5 Å². The maximum atomic E-state index is 10.9. The predicted octanol–water partition coefficient (Wildman–Crippen LogP) is 2.70. The highest BCUT2D eigenvalue weighted by Crippen LogP contribution is 2.19. The average molecular weight is 253 g/mol. The second kappa shape index (κ2) is 5.19. The Balaban J connectivity index is 2.26. The SMILES string of the molecule is Cc1cc(Nc2cc(C#N)ccn2)ccc1C(=O)O. The molecule has 5 nitrogen and oxygen atoms in total. The Bertz CT molecular complexity index is 675. The molecule has 0 saturated heterocycles. The minimum absolute atomic E-state index is 0.268. The van der Waals surface area contributed by atoms with Crippen LogP contribution < -0.4 is 5.32 Å². The van der Waals surface area contributed by atoms with Gasteiger partial charge in [-0.05, 0) is 42.8 Å². The number of aromatic carboxylic acids is 1. The number of benzene rings is 1. The van der Waals surface area contributed by atoms with Crippen molar-refractivity contribution in [2.45, 2.75) is 6.92 Å². The van der Waals surface area contributed by atoms with Gasteiger partial charge in [0, 0.05) is 11.9 Å². The fourth-order valence-electron chi connectivity index (χ4n) is 1.70. The first-order chi connectivity index (χ1) is 9.10. The van der Waals surface area contributed by atoms with Crippen LogP contribution in [0.4, 0.5) is 11.5 Å². The summed E-state index contributed by atoms with van der Waals surface area (Å²) >= 11 is 0. The minimum atomic E-state index is -0.950. The number of anilines is 2. The monoisotopic (exact) mass is 253 g/mol. The molecular weight excluding hydrogens is 242 g/mol. The first kappa shape index (κ1) is 12.6. The van der Waals surface area contributed by atoms with Gasteiger partial charge in [0.2, 0.25) is 0 Å². The molecule has 0 aliphatic rings. The normalized spacial score (nSPS) is 9.68. The van der Waals surface area contributed by atoms with E-state index in [1.54, 1.807) is 37.4 Å². The van der Waals surface area contributed by atoms with Gasteiger partial charge in [0.1, 0.15) is 5.82 Å². The van der Waals surface area contributed by atoms with E-state index in [9.17, 15) is 4.79 Å². The lowest BCUT2D eigenvalue weighted by Gasteiger charge is -2.08. The lowest BCUT2D eigenvalue weighted by molar-refractivity contribution is 0.0696. The van der Waals surface area contributed by atoms with E-state index < -0.39 is 5.97 Å². The smallest absolute Gasteiger partial charge is 0.335 e. The van der Waals surface area contributed by atoms with Crippen LogP contribution >= 0.6 is 0 Å². The molecule has 0 fully saturated rings. The van der Waals surface area contributed by atoms with Crippen LogP contribution in [-0.2, 0) is 0 Å². The van der Waals surface area contributed by atoms with Crippen LogP contribution in [0.5, 0.6) is 0 Å². The van der Waals surface area contributed by atoms with Gasteiger partial charge in [-0.15, -0.1) is 0 Å². The van der Waals surface area contributed by atoms with Gasteiger partial charge < -0.3 is 10.4 Å². The number of rotatable bonds is 3. The molecule has 2 rings (SSSR count). The van der Waals surface area contributed by atoms with Gasteiger partial charge >= 0.3 is 5.97 Å². The number of nitrogens with zero attached hydrogens (tertiary/aromatic N) is 2. The van der Waals surface area contributed by atoms with Crippen molar-refractivity contribution < 1.29 is 9.90 Å². The average Bonchev–Trinajstić information content (AvgIpc) is 2.38. The number of pyridine rings is 1. The van der Waals surface area contributed by atoms with E-state index in [4.69, 9.17) is 10.4 Å². The maximum Gasteiger partial charge on any atom is 0.335 e. The summed E-state index contributed by atoms with van der Waals surface area (Å²) in [7, 11) is 0. The standard InChI is InChI=1S/C14H11N3O2/c1-9-6-11(2-3-12(9)14(18)19)17-13-7-10(8-15)4-5-16-13/h2-7H,1H3,(H,16,17)(H,18,19). The Morgan fingerprint density at radius 1 is 1.37 bits per heavy atom. The number of nitrogens with one attached hydrogen (secondary N) is 1. The van der Waals surface area contributed by atoms with Gasteiger partial charge in [-0.25, -0.2) is 9.78 Å². The molecule has 1 aromatic heterocycles. The Kier molecular flexibility index (Phi) is 3.44. The fraction of sp³-hybridized carbons (Fsp3) is 0.0714. The Morgan fingerprint density at radius 2 is 2.16 bits per heavy atom. The van der Waals surface area contributed by atoms with Crippen molar-refractivity contribution >= 4 is 17.5 Å². The van der Waals surface area contributed by atoms with Gasteiger partial charge in [0.15, 0.2) is 0 Å². The second-order valence-corrected chi connectivity index (χ2v) is 4.00. The molecule has 2 N–H and O–H groups in total. The molecule has 0 bridgehead atoms. The topological polar surface area (TPSA) is 86.0 Å². The van der Waals surface area contributed by atoms with Crippen molar-refractivity contribution in [3.05, 3.63) is 53.2 Å². The zero-order valence-electron chi connectivity index (χ0n) is 10.2. The molecule has 0 radical (unpaired) electrons. The summed E-state index contributed by atoms with van der Waals surface area (Å²) in [5, 5.41) is 20.8. The van der Waals surface area contributed by atoms with Gasteiger partial charge in [0.05, 0.1) is 17.2 Å². The Labute approximate surface area is 110 Å². The number of aryl methyl sites for hydroxylation is 1. The summed E-state index contributed by atoms with van der Waals surface area (Å²) < 4.78 is 0. The van der Waals surface area contributed by atoms with Crippen molar-refractivity contribution in [1.29, 1.82) is 5.26 Å². The lowest BCUT2D eigenvalue weighted by atomic mass is 10.1. The third-order valence-corrected chi connectivity index (χ3v) is 2.62. The third-order valence-electron chi connectivity index (χ3n) is 2.62. The number of carboxylic acid groups (broad SMARTS) is 1. The molecule has 1 heterocycles. The van der Waals surface area contributed by atoms with E-state index in [0.717, 1.165) is 5.69 Å². The van der Waals surface area contributed by atoms with Gasteiger partial charge in [-0.1, -0.05) is 0 Å². The van der Waals surface area contributed by atoms with Gasteiger partial charge in [0.25, 0.3) is 0 Å². The Hall–Kier alpha value is -2.87. The quantitative estimate of drug-likeness (QED) is 0.878. The largest absolute Gasteiger partial charge is 0.478 e. The fourth-order valence-corrected chi connectivity index (χ4v) is 1.70. The third kappa shape index (κ3) is 2.87. The molecule has 2 aromatic rings. The first-order valence-corrected chi connectivity index (χ1v) is 5.57. The van der Waals surface area contributed by atoms with E-state index in [2.05, 4.69) is 10.3 Å². The van der Waals surface area contributed by atoms with Crippen molar-refractivity contribution in [1.82, 2.24) is 4.98 Å².